The van der Waals surface area contributed by atoms with Crippen molar-refractivity contribution in [1.82, 2.24) is 0 Å². The second-order valence-electron chi connectivity index (χ2n) is 4.38. The van der Waals surface area contributed by atoms with Gasteiger partial charge in [0.05, 0.1) is 5.56 Å². The topological polar surface area (TPSA) is 37.3 Å². The summed E-state index contributed by atoms with van der Waals surface area (Å²) in [6.07, 6.45) is 1.25. The largest absolute Gasteiger partial charge is 0.507 e. The molecule has 0 aromatic heterocycles. The van der Waals surface area contributed by atoms with Gasteiger partial charge in [-0.2, -0.15) is 0 Å². The van der Waals surface area contributed by atoms with Crippen molar-refractivity contribution >= 4 is 5.78 Å². The van der Waals surface area contributed by atoms with Crippen LogP contribution in [0.1, 0.15) is 44.5 Å². The number of carbonyl (C=O) groups is 1. The highest BCUT2D eigenvalue weighted by Crippen LogP contribution is 2.23. The average molecular weight is 252 g/mol. The molecule has 1 N–H and O–H groups in total. The van der Waals surface area contributed by atoms with Gasteiger partial charge in [0, 0.05) is 6.07 Å². The zero-order valence-electron chi connectivity index (χ0n) is 11.5. The fourth-order valence-electron chi connectivity index (χ4n) is 1.13. The minimum Gasteiger partial charge on any atom is -0.507 e. The predicted octanol–water partition coefficient (Wildman–Crippen LogP) is 4.34. The number of ketones is 1. The van der Waals surface area contributed by atoms with Crippen molar-refractivity contribution in [2.75, 3.05) is 0 Å². The fourth-order valence-corrected chi connectivity index (χ4v) is 1.13. The van der Waals surface area contributed by atoms with Crippen LogP contribution in [-0.4, -0.2) is 10.9 Å². The van der Waals surface area contributed by atoms with Crippen molar-refractivity contribution in [3.05, 3.63) is 41.7 Å². The van der Waals surface area contributed by atoms with Gasteiger partial charge in [0.1, 0.15) is 11.6 Å². The van der Waals surface area contributed by atoms with E-state index >= 15 is 0 Å². The van der Waals surface area contributed by atoms with Crippen LogP contribution in [0, 0.1) is 11.7 Å². The summed E-state index contributed by atoms with van der Waals surface area (Å²) in [6, 6.07) is 3.32. The lowest BCUT2D eigenvalue weighted by molar-refractivity contribution is 0.102. The summed E-state index contributed by atoms with van der Waals surface area (Å²) in [4.78, 5) is 11.7. The highest BCUT2D eigenvalue weighted by Gasteiger charge is 2.16. The van der Waals surface area contributed by atoms with E-state index in [0.29, 0.717) is 5.57 Å². The molecule has 0 aliphatic heterocycles. The van der Waals surface area contributed by atoms with E-state index in [9.17, 15) is 14.3 Å². The van der Waals surface area contributed by atoms with Gasteiger partial charge in [-0.15, -0.1) is 0 Å². The third-order valence-corrected chi connectivity index (χ3v) is 2.19. The second-order valence-corrected chi connectivity index (χ2v) is 4.38. The van der Waals surface area contributed by atoms with Gasteiger partial charge in [-0.05, 0) is 23.6 Å². The van der Waals surface area contributed by atoms with Crippen molar-refractivity contribution in [3.8, 4) is 5.75 Å². The summed E-state index contributed by atoms with van der Waals surface area (Å²) in [5, 5.41) is 9.39. The van der Waals surface area contributed by atoms with Crippen LogP contribution in [0.5, 0.6) is 5.75 Å². The third-order valence-electron chi connectivity index (χ3n) is 2.19. The number of benzene rings is 1. The number of carbonyl (C=O) groups excluding carboxylic acids is 1. The number of allylic oxidation sites excluding steroid dienone is 1. The van der Waals surface area contributed by atoms with E-state index in [-0.39, 0.29) is 23.0 Å². The Morgan fingerprint density at radius 2 is 1.89 bits per heavy atom. The molecular weight excluding hydrogens is 231 g/mol. The first-order chi connectivity index (χ1) is 8.34. The van der Waals surface area contributed by atoms with Crippen LogP contribution >= 0.6 is 0 Å². The minimum atomic E-state index is -0.570. The van der Waals surface area contributed by atoms with Crippen LogP contribution < -0.4 is 0 Å². The molecule has 0 atom stereocenters. The van der Waals surface area contributed by atoms with Crippen LogP contribution in [0.25, 0.3) is 0 Å². The van der Waals surface area contributed by atoms with Gasteiger partial charge in [-0.25, -0.2) is 4.39 Å². The summed E-state index contributed by atoms with van der Waals surface area (Å²) < 4.78 is 12.7. The Morgan fingerprint density at radius 3 is 2.28 bits per heavy atom. The third kappa shape index (κ3) is 4.70. The molecule has 0 radical (unpaired) electrons. The van der Waals surface area contributed by atoms with E-state index in [1.54, 1.807) is 0 Å². The zero-order chi connectivity index (χ0) is 14.3. The van der Waals surface area contributed by atoms with Gasteiger partial charge >= 0.3 is 0 Å². The molecule has 0 aliphatic carbocycles. The number of halogens is 1. The van der Waals surface area contributed by atoms with E-state index in [0.717, 1.165) is 12.1 Å². The van der Waals surface area contributed by atoms with Gasteiger partial charge in [0.25, 0.3) is 0 Å². The number of rotatable bonds is 3. The fraction of sp³-hybridized carbons (Fsp3) is 0.400. The minimum absolute atomic E-state index is 0.00181. The van der Waals surface area contributed by atoms with Crippen molar-refractivity contribution < 1.29 is 14.3 Å². The zero-order valence-corrected chi connectivity index (χ0v) is 11.5. The lowest BCUT2D eigenvalue weighted by Gasteiger charge is -2.09. The molecule has 100 valence electrons. The van der Waals surface area contributed by atoms with E-state index in [1.165, 1.54) is 12.5 Å². The molecule has 0 saturated heterocycles. The maximum Gasteiger partial charge on any atom is 0.192 e. The van der Waals surface area contributed by atoms with Crippen molar-refractivity contribution in [1.29, 1.82) is 0 Å². The summed E-state index contributed by atoms with van der Waals surface area (Å²) in [6.45, 7) is 11.6. The first-order valence-corrected chi connectivity index (χ1v) is 6.07. The maximum absolute atomic E-state index is 12.7. The van der Waals surface area contributed by atoms with E-state index in [4.69, 9.17) is 0 Å². The molecular formula is C15H21FO2. The van der Waals surface area contributed by atoms with Gasteiger partial charge in [0.2, 0.25) is 0 Å². The molecule has 3 heteroatoms. The summed E-state index contributed by atoms with van der Waals surface area (Å²) in [7, 11) is 0. The molecule has 2 nitrogen and oxygen atoms in total. The molecule has 0 bridgehead atoms. The van der Waals surface area contributed by atoms with Gasteiger partial charge < -0.3 is 5.11 Å². The monoisotopic (exact) mass is 252 g/mol. The van der Waals surface area contributed by atoms with Crippen LogP contribution in [0.3, 0.4) is 0 Å². The number of phenolic OH excluding ortho intramolecular Hbond substituents is 1. The van der Waals surface area contributed by atoms with Crippen molar-refractivity contribution in [2.45, 2.75) is 34.1 Å². The molecule has 0 saturated carbocycles. The lowest BCUT2D eigenvalue weighted by atomic mass is 9.95. The van der Waals surface area contributed by atoms with Crippen LogP contribution in [0.2, 0.25) is 0 Å². The smallest absolute Gasteiger partial charge is 0.192 e. The first-order valence-electron chi connectivity index (χ1n) is 6.07. The number of hydrogen-bond donors (Lipinski definition) is 1. The molecule has 0 amide bonds. The highest BCUT2D eigenvalue weighted by atomic mass is 19.1. The Kier molecular flexibility index (Phi) is 6.94. The Morgan fingerprint density at radius 1 is 1.39 bits per heavy atom. The van der Waals surface area contributed by atoms with Gasteiger partial charge in [-0.3, -0.25) is 4.79 Å². The molecule has 0 unspecified atom stereocenters. The Labute approximate surface area is 108 Å². The Balaban J connectivity index is 0.000000873. The molecule has 0 fully saturated rings. The Bertz CT molecular complexity index is 423. The van der Waals surface area contributed by atoms with Gasteiger partial charge in [-0.1, -0.05) is 40.7 Å². The standard InChI is InChI=1S/C12H13FO2.C3H8/c1-7(2)8(3)12(15)10-5-4-9(13)6-11(10)14;1-3-2/h4-7,14H,3H2,1-2H3;3H2,1-2H3. The average Bonchev–Trinajstić information content (AvgIpc) is 2.28. The highest BCUT2D eigenvalue weighted by molar-refractivity contribution is 6.10. The SMILES string of the molecule is C=C(C(=O)c1ccc(F)cc1O)C(C)C.CCC. The molecule has 18 heavy (non-hydrogen) atoms. The first kappa shape index (κ1) is 16.4. The van der Waals surface area contributed by atoms with E-state index < -0.39 is 5.82 Å². The quantitative estimate of drug-likeness (QED) is 0.641. The molecule has 0 heterocycles. The van der Waals surface area contributed by atoms with Crippen LogP contribution in [0.15, 0.2) is 30.4 Å². The Hall–Kier alpha value is -1.64. The molecule has 0 spiro atoms. The summed E-state index contributed by atoms with van der Waals surface area (Å²) >= 11 is 0. The number of phenols is 1. The van der Waals surface area contributed by atoms with Crippen LogP contribution in [0.4, 0.5) is 4.39 Å². The summed E-state index contributed by atoms with van der Waals surface area (Å²) in [5.41, 5.74) is 0.493. The maximum atomic E-state index is 12.7. The van der Waals surface area contributed by atoms with Crippen molar-refractivity contribution in [3.63, 3.8) is 0 Å². The molecule has 1 aromatic rings. The lowest BCUT2D eigenvalue weighted by Crippen LogP contribution is -2.07. The normalized spacial score (nSPS) is 9.67. The van der Waals surface area contributed by atoms with E-state index in [1.807, 2.05) is 13.8 Å². The van der Waals surface area contributed by atoms with Crippen LogP contribution in [-0.2, 0) is 0 Å². The molecule has 1 aromatic carbocycles. The number of hydrogen-bond acceptors (Lipinski definition) is 2. The number of Topliss-reactive ketones (excluding diaryl/α,β-unsaturated/α-hetero) is 1. The predicted molar refractivity (Wildman–Crippen MR) is 72.3 cm³/mol. The van der Waals surface area contributed by atoms with E-state index in [2.05, 4.69) is 20.4 Å². The second kappa shape index (κ2) is 7.64. The van der Waals surface area contributed by atoms with Gasteiger partial charge in [0.15, 0.2) is 5.78 Å². The summed E-state index contributed by atoms with van der Waals surface area (Å²) in [5.74, 6) is -1.26. The molecule has 0 aliphatic rings. The van der Waals surface area contributed by atoms with Crippen molar-refractivity contribution in [2.24, 2.45) is 5.92 Å². The number of aromatic hydroxyl groups is 1. The molecule has 1 rings (SSSR count).